The minimum atomic E-state index is -0.588. The van der Waals surface area contributed by atoms with Crippen molar-refractivity contribution in [1.29, 1.82) is 0 Å². The fraction of sp³-hybridized carbons (Fsp3) is 0.474. The first-order valence-corrected chi connectivity index (χ1v) is 17.3. The third kappa shape index (κ3) is 6.67. The molecule has 2 aliphatic heterocycles. The number of amides is 2. The first kappa shape index (κ1) is 32.9. The van der Waals surface area contributed by atoms with Crippen LogP contribution in [0.25, 0.3) is 33.6 Å². The van der Waals surface area contributed by atoms with Crippen LogP contribution in [0, 0.1) is 5.82 Å². The molecule has 2 fully saturated rings. The van der Waals surface area contributed by atoms with Crippen molar-refractivity contribution >= 4 is 12.2 Å². The smallest absolute Gasteiger partial charge is 0.410 e. The van der Waals surface area contributed by atoms with Gasteiger partial charge in [0.2, 0.25) is 0 Å². The molecule has 2 aromatic heterocycles. The predicted molar refractivity (Wildman–Crippen MR) is 184 cm³/mol. The molecule has 258 valence electrons. The van der Waals surface area contributed by atoms with Gasteiger partial charge in [-0.1, -0.05) is 24.3 Å². The van der Waals surface area contributed by atoms with Gasteiger partial charge in [-0.3, -0.25) is 9.80 Å². The number of H-pyrrole nitrogens is 2. The molecular formula is C38H45FN6O4. The van der Waals surface area contributed by atoms with Crippen LogP contribution in [0.4, 0.5) is 14.0 Å². The lowest BCUT2D eigenvalue weighted by Gasteiger charge is -2.27. The monoisotopic (exact) mass is 668 g/mol. The number of likely N-dealkylation sites (tertiary alicyclic amines) is 2. The molecule has 1 aliphatic carbocycles. The zero-order valence-electron chi connectivity index (χ0n) is 29.2. The van der Waals surface area contributed by atoms with Crippen LogP contribution in [-0.2, 0) is 22.3 Å². The van der Waals surface area contributed by atoms with E-state index >= 15 is 4.39 Å². The topological polar surface area (TPSA) is 116 Å². The molecular weight excluding hydrogens is 623 g/mol. The summed E-state index contributed by atoms with van der Waals surface area (Å²) < 4.78 is 27.0. The summed E-state index contributed by atoms with van der Waals surface area (Å²) in [5.41, 5.74) is 5.76. The average molecular weight is 669 g/mol. The summed E-state index contributed by atoms with van der Waals surface area (Å²) in [5, 5.41) is 0. The highest BCUT2D eigenvalue weighted by atomic mass is 19.1. The fourth-order valence-corrected chi connectivity index (χ4v) is 7.20. The number of carbonyl (C=O) groups is 2. The van der Waals surface area contributed by atoms with Crippen LogP contribution in [-0.4, -0.2) is 66.2 Å². The summed E-state index contributed by atoms with van der Waals surface area (Å²) >= 11 is 0. The van der Waals surface area contributed by atoms with Crippen molar-refractivity contribution in [1.82, 2.24) is 29.7 Å². The third-order valence-corrected chi connectivity index (χ3v) is 9.38. The maximum Gasteiger partial charge on any atom is 0.410 e. The zero-order chi connectivity index (χ0) is 34.7. The Morgan fingerprint density at radius 2 is 1.39 bits per heavy atom. The van der Waals surface area contributed by atoms with Crippen molar-refractivity contribution in [2.75, 3.05) is 13.1 Å². The molecule has 0 spiro atoms. The van der Waals surface area contributed by atoms with Gasteiger partial charge in [-0.25, -0.2) is 23.9 Å². The standard InChI is InChI=1S/C38H45FN6O4/c1-37(2,3)48-35(46)44-17-7-9-30(44)33-40-21-29(42-33)26-15-12-23(20-27(26)39)22-11-14-25-24(19-22)13-16-28-32(25)43-34(41-28)31-10-8-18-45(31)36(47)49-38(4,5)6/h11-12,14-15,19-21,30-31H,7-10,13,16-18H2,1-6H3,(H,40,42)(H,41,43)/t30-,31-/m0/s1. The minimum Gasteiger partial charge on any atom is -0.444 e. The van der Waals surface area contributed by atoms with Crippen LogP contribution < -0.4 is 0 Å². The van der Waals surface area contributed by atoms with Crippen molar-refractivity contribution < 1.29 is 23.5 Å². The number of nitrogens with zero attached hydrogens (tertiary/aromatic N) is 4. The second kappa shape index (κ2) is 12.3. The summed E-state index contributed by atoms with van der Waals surface area (Å²) in [7, 11) is 0. The SMILES string of the molecule is CC(C)(C)OC(=O)N1CCC[C@H]1c1ncc(-c2ccc(-c3ccc4c(c3)CCc3[nH]c([C@@H]5CCCN5C(=O)OC(C)(C)C)nc3-4)cc2F)[nH]1. The van der Waals surface area contributed by atoms with Gasteiger partial charge in [0, 0.05) is 29.9 Å². The number of halogens is 1. The molecule has 4 aromatic rings. The maximum absolute atomic E-state index is 15.7. The van der Waals surface area contributed by atoms with Gasteiger partial charge in [0.05, 0.1) is 29.7 Å². The van der Waals surface area contributed by atoms with E-state index in [0.717, 1.165) is 78.0 Å². The third-order valence-electron chi connectivity index (χ3n) is 9.38. The summed E-state index contributed by atoms with van der Waals surface area (Å²) in [4.78, 5) is 45.6. The highest BCUT2D eigenvalue weighted by Gasteiger charge is 2.37. The lowest BCUT2D eigenvalue weighted by atomic mass is 9.89. The van der Waals surface area contributed by atoms with Gasteiger partial charge in [-0.05, 0) is 109 Å². The lowest BCUT2D eigenvalue weighted by Crippen LogP contribution is -2.36. The van der Waals surface area contributed by atoms with Crippen molar-refractivity contribution in [2.45, 2.75) is 103 Å². The lowest BCUT2D eigenvalue weighted by molar-refractivity contribution is 0.0208. The molecule has 2 aromatic carbocycles. The maximum atomic E-state index is 15.7. The van der Waals surface area contributed by atoms with E-state index in [9.17, 15) is 9.59 Å². The highest BCUT2D eigenvalue weighted by molar-refractivity contribution is 5.76. The van der Waals surface area contributed by atoms with Crippen LogP contribution in [0.15, 0.2) is 42.6 Å². The van der Waals surface area contributed by atoms with Crippen LogP contribution >= 0.6 is 0 Å². The Balaban J connectivity index is 1.08. The predicted octanol–water partition coefficient (Wildman–Crippen LogP) is 8.52. The van der Waals surface area contributed by atoms with Gasteiger partial charge in [-0.15, -0.1) is 0 Å². The number of aromatic nitrogens is 4. The van der Waals surface area contributed by atoms with Crippen molar-refractivity contribution in [3.05, 3.63) is 71.3 Å². The first-order chi connectivity index (χ1) is 23.2. The van der Waals surface area contributed by atoms with Gasteiger partial charge >= 0.3 is 12.2 Å². The van der Waals surface area contributed by atoms with Crippen LogP contribution in [0.2, 0.25) is 0 Å². The quantitative estimate of drug-likeness (QED) is 0.225. The zero-order valence-corrected chi connectivity index (χ0v) is 29.2. The number of hydrogen-bond donors (Lipinski definition) is 2. The van der Waals surface area contributed by atoms with E-state index in [2.05, 4.69) is 27.1 Å². The molecule has 7 rings (SSSR count). The second-order valence-corrected chi connectivity index (χ2v) is 15.4. The molecule has 2 amide bonds. The van der Waals surface area contributed by atoms with Gasteiger partial charge in [-0.2, -0.15) is 0 Å². The molecule has 2 N–H and O–H groups in total. The molecule has 2 saturated heterocycles. The number of nitrogens with one attached hydrogen (secondary N) is 2. The Kier molecular flexibility index (Phi) is 8.27. The van der Waals surface area contributed by atoms with Crippen LogP contribution in [0.3, 0.4) is 0 Å². The normalized spacial score (nSPS) is 19.2. The van der Waals surface area contributed by atoms with Crippen molar-refractivity contribution in [3.8, 4) is 33.6 Å². The number of fused-ring (bicyclic) bond motifs is 3. The molecule has 10 nitrogen and oxygen atoms in total. The van der Waals surface area contributed by atoms with E-state index in [1.54, 1.807) is 28.1 Å². The largest absolute Gasteiger partial charge is 0.444 e. The summed E-state index contributed by atoms with van der Waals surface area (Å²) in [6, 6.07) is 11.1. The summed E-state index contributed by atoms with van der Waals surface area (Å²) in [6.07, 6.45) is 5.94. The van der Waals surface area contributed by atoms with Crippen LogP contribution in [0.1, 0.15) is 102 Å². The number of benzene rings is 2. The molecule has 0 radical (unpaired) electrons. The molecule has 49 heavy (non-hydrogen) atoms. The van der Waals surface area contributed by atoms with E-state index in [1.165, 1.54) is 0 Å². The van der Waals surface area contributed by atoms with E-state index < -0.39 is 11.2 Å². The molecule has 4 heterocycles. The van der Waals surface area contributed by atoms with E-state index in [-0.39, 0.29) is 30.1 Å². The molecule has 11 heteroatoms. The fourth-order valence-electron chi connectivity index (χ4n) is 7.20. The number of aryl methyl sites for hydroxylation is 2. The molecule has 3 aliphatic rings. The Bertz CT molecular complexity index is 1900. The van der Waals surface area contributed by atoms with Gasteiger partial charge in [0.25, 0.3) is 0 Å². The van der Waals surface area contributed by atoms with Gasteiger partial charge < -0.3 is 19.4 Å². The summed E-state index contributed by atoms with van der Waals surface area (Å²) in [6.45, 7) is 12.4. The number of ether oxygens (including phenoxy) is 2. The Labute approximate surface area is 286 Å². The molecule has 0 unspecified atom stereocenters. The number of carbonyl (C=O) groups excluding carboxylic acids is 2. The summed E-state index contributed by atoms with van der Waals surface area (Å²) in [5.74, 6) is 1.07. The Morgan fingerprint density at radius 3 is 2.00 bits per heavy atom. The van der Waals surface area contributed by atoms with Gasteiger partial charge in [0.1, 0.15) is 28.7 Å². The Morgan fingerprint density at radius 1 is 0.796 bits per heavy atom. The molecule has 0 saturated carbocycles. The first-order valence-electron chi connectivity index (χ1n) is 17.3. The van der Waals surface area contributed by atoms with E-state index in [0.29, 0.717) is 30.2 Å². The number of imidazole rings is 2. The number of rotatable bonds is 4. The highest BCUT2D eigenvalue weighted by Crippen LogP contribution is 2.39. The second-order valence-electron chi connectivity index (χ2n) is 15.4. The minimum absolute atomic E-state index is 0.141. The Hall–Kier alpha value is -4.67. The number of hydrogen-bond acceptors (Lipinski definition) is 6. The average Bonchev–Trinajstić information content (AvgIpc) is 3.84. The van der Waals surface area contributed by atoms with E-state index in [1.807, 2.05) is 53.7 Å². The molecule has 0 bridgehead atoms. The van der Waals surface area contributed by atoms with Gasteiger partial charge in [0.15, 0.2) is 0 Å². The van der Waals surface area contributed by atoms with Crippen molar-refractivity contribution in [2.24, 2.45) is 0 Å². The van der Waals surface area contributed by atoms with Crippen molar-refractivity contribution in [3.63, 3.8) is 0 Å². The van der Waals surface area contributed by atoms with E-state index in [4.69, 9.17) is 14.5 Å². The molecule has 2 atom stereocenters. The number of aromatic amines is 2. The van der Waals surface area contributed by atoms with Crippen LogP contribution in [0.5, 0.6) is 0 Å².